The molecule has 1 amide bonds. The van der Waals surface area contributed by atoms with Crippen LogP contribution in [0.3, 0.4) is 0 Å². The first-order valence-electron chi connectivity index (χ1n) is 7.25. The molecule has 3 aromatic heterocycles. The Labute approximate surface area is 161 Å². The van der Waals surface area contributed by atoms with Gasteiger partial charge in [0, 0.05) is 28.5 Å². The van der Waals surface area contributed by atoms with Crippen LogP contribution in [0.25, 0.3) is 9.88 Å². The second kappa shape index (κ2) is 8.52. The van der Waals surface area contributed by atoms with E-state index in [1.807, 2.05) is 11.4 Å². The Bertz CT molecular complexity index is 866. The number of hydrogen-bond acceptors (Lipinski definition) is 7. The van der Waals surface area contributed by atoms with Crippen molar-refractivity contribution in [1.82, 2.24) is 9.97 Å². The SMILES string of the molecule is COCCOc1ncccc1NC(=O)c1csc(-c2cc(Br)cs2)n1. The van der Waals surface area contributed by atoms with Crippen LogP contribution in [-0.2, 0) is 4.74 Å². The van der Waals surface area contributed by atoms with Crippen molar-refractivity contribution in [3.8, 4) is 15.8 Å². The number of nitrogens with one attached hydrogen (secondary N) is 1. The van der Waals surface area contributed by atoms with Crippen molar-refractivity contribution in [3.05, 3.63) is 45.3 Å². The van der Waals surface area contributed by atoms with E-state index < -0.39 is 0 Å². The van der Waals surface area contributed by atoms with Crippen LogP contribution in [0.1, 0.15) is 10.5 Å². The molecule has 0 saturated heterocycles. The number of nitrogens with zero attached hydrogens (tertiary/aromatic N) is 2. The van der Waals surface area contributed by atoms with E-state index in [4.69, 9.17) is 9.47 Å². The van der Waals surface area contributed by atoms with Gasteiger partial charge in [-0.2, -0.15) is 0 Å². The largest absolute Gasteiger partial charge is 0.474 e. The van der Waals surface area contributed by atoms with Crippen LogP contribution in [0, 0.1) is 0 Å². The molecule has 0 saturated carbocycles. The van der Waals surface area contributed by atoms with E-state index >= 15 is 0 Å². The number of thiazole rings is 1. The van der Waals surface area contributed by atoms with Crippen LogP contribution in [0.2, 0.25) is 0 Å². The number of halogens is 1. The van der Waals surface area contributed by atoms with Crippen molar-refractivity contribution in [2.24, 2.45) is 0 Å². The maximum Gasteiger partial charge on any atom is 0.275 e. The highest BCUT2D eigenvalue weighted by atomic mass is 79.9. The molecular weight excluding hydrogens is 426 g/mol. The molecule has 9 heteroatoms. The van der Waals surface area contributed by atoms with Crippen LogP contribution < -0.4 is 10.1 Å². The molecule has 0 fully saturated rings. The number of rotatable bonds is 7. The lowest BCUT2D eigenvalue weighted by Crippen LogP contribution is -2.14. The van der Waals surface area contributed by atoms with E-state index in [1.165, 1.54) is 11.3 Å². The zero-order valence-electron chi connectivity index (χ0n) is 13.2. The van der Waals surface area contributed by atoms with Crippen molar-refractivity contribution in [1.29, 1.82) is 0 Å². The summed E-state index contributed by atoms with van der Waals surface area (Å²) >= 11 is 6.42. The van der Waals surface area contributed by atoms with E-state index in [-0.39, 0.29) is 5.91 Å². The summed E-state index contributed by atoms with van der Waals surface area (Å²) < 4.78 is 11.5. The van der Waals surface area contributed by atoms with Gasteiger partial charge in [-0.05, 0) is 34.1 Å². The van der Waals surface area contributed by atoms with Gasteiger partial charge in [-0.3, -0.25) is 4.79 Å². The molecule has 0 aliphatic heterocycles. The van der Waals surface area contributed by atoms with E-state index in [2.05, 4.69) is 31.2 Å². The molecule has 6 nitrogen and oxygen atoms in total. The van der Waals surface area contributed by atoms with Gasteiger partial charge in [0.1, 0.15) is 23.0 Å². The van der Waals surface area contributed by atoms with Crippen LogP contribution in [0.4, 0.5) is 5.69 Å². The van der Waals surface area contributed by atoms with Crippen molar-refractivity contribution in [2.75, 3.05) is 25.6 Å². The van der Waals surface area contributed by atoms with Crippen LogP contribution in [0.15, 0.2) is 39.6 Å². The Kier molecular flexibility index (Phi) is 6.14. The van der Waals surface area contributed by atoms with E-state index in [1.54, 1.807) is 42.2 Å². The number of carbonyl (C=O) groups excluding carboxylic acids is 1. The maximum absolute atomic E-state index is 12.5. The number of carbonyl (C=O) groups is 1. The molecule has 3 rings (SSSR count). The lowest BCUT2D eigenvalue weighted by molar-refractivity contribution is 0.102. The minimum absolute atomic E-state index is 0.303. The predicted molar refractivity (Wildman–Crippen MR) is 103 cm³/mol. The topological polar surface area (TPSA) is 73.3 Å². The molecule has 0 atom stereocenters. The number of aromatic nitrogens is 2. The number of amides is 1. The molecule has 25 heavy (non-hydrogen) atoms. The summed E-state index contributed by atoms with van der Waals surface area (Å²) in [5, 5.41) is 7.32. The van der Waals surface area contributed by atoms with Crippen molar-refractivity contribution in [3.63, 3.8) is 0 Å². The lowest BCUT2D eigenvalue weighted by Gasteiger charge is -2.10. The molecule has 0 aliphatic rings. The van der Waals surface area contributed by atoms with Gasteiger partial charge in [-0.15, -0.1) is 22.7 Å². The number of ether oxygens (including phenoxy) is 2. The minimum Gasteiger partial charge on any atom is -0.474 e. The average molecular weight is 440 g/mol. The van der Waals surface area contributed by atoms with Gasteiger partial charge in [0.15, 0.2) is 0 Å². The van der Waals surface area contributed by atoms with Gasteiger partial charge in [0.25, 0.3) is 5.91 Å². The third kappa shape index (κ3) is 4.63. The number of pyridine rings is 1. The zero-order chi connectivity index (χ0) is 17.6. The molecule has 1 N–H and O–H groups in total. The third-order valence-corrected chi connectivity index (χ3v) is 5.76. The fourth-order valence-corrected chi connectivity index (χ4v) is 4.23. The smallest absolute Gasteiger partial charge is 0.275 e. The summed E-state index contributed by atoms with van der Waals surface area (Å²) in [6, 6.07) is 5.44. The fraction of sp³-hybridized carbons (Fsp3) is 0.188. The standard InChI is InChI=1S/C16H14BrN3O3S2/c1-22-5-6-23-15-11(3-2-4-18-15)19-14(21)12-9-25-16(20-12)13-7-10(17)8-24-13/h2-4,7-9H,5-6H2,1H3,(H,19,21). The second-order valence-corrected chi connectivity index (χ2v) is 7.50. The second-order valence-electron chi connectivity index (χ2n) is 4.82. The van der Waals surface area contributed by atoms with Crippen LogP contribution in [-0.4, -0.2) is 36.2 Å². The summed E-state index contributed by atoms with van der Waals surface area (Å²) in [7, 11) is 1.59. The highest BCUT2D eigenvalue weighted by molar-refractivity contribution is 9.10. The normalized spacial score (nSPS) is 10.6. The molecule has 3 heterocycles. The summed E-state index contributed by atoms with van der Waals surface area (Å²) in [6.45, 7) is 0.792. The van der Waals surface area contributed by atoms with E-state index in [9.17, 15) is 4.79 Å². The quantitative estimate of drug-likeness (QED) is 0.555. The van der Waals surface area contributed by atoms with Crippen molar-refractivity contribution >= 4 is 50.2 Å². The van der Waals surface area contributed by atoms with Gasteiger partial charge in [0.2, 0.25) is 5.88 Å². The number of thiophene rings is 1. The predicted octanol–water partition coefficient (Wildman–Crippen LogP) is 4.31. The molecule has 0 bridgehead atoms. The Morgan fingerprint density at radius 1 is 1.32 bits per heavy atom. The highest BCUT2D eigenvalue weighted by Crippen LogP contribution is 2.32. The van der Waals surface area contributed by atoms with Gasteiger partial charge >= 0.3 is 0 Å². The highest BCUT2D eigenvalue weighted by Gasteiger charge is 2.15. The van der Waals surface area contributed by atoms with Crippen LogP contribution in [0.5, 0.6) is 5.88 Å². The minimum atomic E-state index is -0.303. The average Bonchev–Trinajstić information content (AvgIpc) is 3.25. The molecule has 0 aliphatic carbocycles. The zero-order valence-corrected chi connectivity index (χ0v) is 16.4. The molecule has 0 aromatic carbocycles. The first kappa shape index (κ1) is 18.0. The summed E-state index contributed by atoms with van der Waals surface area (Å²) in [5.41, 5.74) is 0.855. The summed E-state index contributed by atoms with van der Waals surface area (Å²) in [5.74, 6) is 0.0493. The maximum atomic E-state index is 12.5. The van der Waals surface area contributed by atoms with Gasteiger partial charge in [-0.25, -0.2) is 9.97 Å². The molecule has 0 unspecified atom stereocenters. The monoisotopic (exact) mass is 439 g/mol. The molecule has 0 spiro atoms. The van der Waals surface area contributed by atoms with Crippen LogP contribution >= 0.6 is 38.6 Å². The fourth-order valence-electron chi connectivity index (χ4n) is 1.93. The van der Waals surface area contributed by atoms with E-state index in [0.717, 1.165) is 14.4 Å². The Hall–Kier alpha value is -1.81. The third-order valence-electron chi connectivity index (χ3n) is 3.06. The van der Waals surface area contributed by atoms with Gasteiger partial charge in [-0.1, -0.05) is 0 Å². The molecular formula is C16H14BrN3O3S2. The van der Waals surface area contributed by atoms with Gasteiger partial charge in [0.05, 0.1) is 11.5 Å². The molecule has 0 radical (unpaired) electrons. The molecule has 3 aromatic rings. The number of hydrogen-bond donors (Lipinski definition) is 1. The molecule has 130 valence electrons. The first-order valence-corrected chi connectivity index (χ1v) is 9.80. The first-order chi connectivity index (χ1) is 12.2. The summed E-state index contributed by atoms with van der Waals surface area (Å²) in [4.78, 5) is 22.0. The Balaban J connectivity index is 1.71. The number of methoxy groups -OCH3 is 1. The van der Waals surface area contributed by atoms with Gasteiger partial charge < -0.3 is 14.8 Å². The van der Waals surface area contributed by atoms with E-state index in [0.29, 0.717) is 30.5 Å². The van der Waals surface area contributed by atoms with Crippen molar-refractivity contribution < 1.29 is 14.3 Å². The van der Waals surface area contributed by atoms with Crippen molar-refractivity contribution in [2.45, 2.75) is 0 Å². The number of anilines is 1. The Morgan fingerprint density at radius 3 is 2.96 bits per heavy atom. The summed E-state index contributed by atoms with van der Waals surface area (Å²) in [6.07, 6.45) is 1.60. The lowest BCUT2D eigenvalue weighted by atomic mass is 10.3. The Morgan fingerprint density at radius 2 is 2.20 bits per heavy atom.